The third-order valence-corrected chi connectivity index (χ3v) is 4.74. The molecular formula is C19H13N3O5S. The highest BCUT2D eigenvalue weighted by atomic mass is 32.2. The molecule has 2 aromatic heterocycles. The first kappa shape index (κ1) is 17.8. The minimum Gasteiger partial charge on any atom is -0.497 e. The second kappa shape index (κ2) is 7.20. The molecule has 0 aliphatic carbocycles. The number of imide groups is 1. The first-order chi connectivity index (χ1) is 13.5. The molecule has 0 saturated carbocycles. The molecule has 0 bridgehead atoms. The number of benzene rings is 1. The van der Waals surface area contributed by atoms with Crippen LogP contribution in [-0.4, -0.2) is 29.1 Å². The van der Waals surface area contributed by atoms with Crippen LogP contribution < -0.4 is 15.4 Å². The van der Waals surface area contributed by atoms with Crippen molar-refractivity contribution in [3.63, 3.8) is 0 Å². The Morgan fingerprint density at radius 2 is 2.14 bits per heavy atom. The first-order valence-corrected chi connectivity index (χ1v) is 8.93. The van der Waals surface area contributed by atoms with E-state index in [2.05, 4.69) is 15.6 Å². The Morgan fingerprint density at radius 1 is 1.29 bits per heavy atom. The van der Waals surface area contributed by atoms with Crippen LogP contribution in [0, 0.1) is 0 Å². The fourth-order valence-electron chi connectivity index (χ4n) is 2.66. The molecule has 3 aromatic rings. The number of hydrogen-bond acceptors (Lipinski definition) is 7. The number of methoxy groups -OCH3 is 1. The van der Waals surface area contributed by atoms with E-state index in [1.165, 1.54) is 12.3 Å². The Balaban J connectivity index is 1.65. The van der Waals surface area contributed by atoms with E-state index < -0.39 is 17.1 Å². The van der Waals surface area contributed by atoms with E-state index in [1.54, 1.807) is 43.6 Å². The van der Waals surface area contributed by atoms with Gasteiger partial charge in [-0.1, -0.05) is 6.07 Å². The van der Waals surface area contributed by atoms with Crippen LogP contribution in [0.1, 0.15) is 16.1 Å². The standard InChI is InChI=1S/C19H13N3O5S/c1-26-12-4-2-3-11(6-12)21-17(23)14-9-20-8-10-5-13(27-16(10)14)7-15-18(24)22-19(25)28-15/h2-9H,1H3,(H,21,23)(H,22,24,25)/b15-7-. The van der Waals surface area contributed by atoms with Crippen molar-refractivity contribution in [3.05, 3.63) is 59.0 Å². The normalized spacial score (nSPS) is 15.1. The van der Waals surface area contributed by atoms with Gasteiger partial charge in [0.2, 0.25) is 0 Å². The van der Waals surface area contributed by atoms with Gasteiger partial charge in [-0.15, -0.1) is 0 Å². The number of nitrogens with zero attached hydrogens (tertiary/aromatic N) is 1. The number of carbonyl (C=O) groups excluding carboxylic acids is 3. The topological polar surface area (TPSA) is 111 Å². The molecule has 4 rings (SSSR count). The van der Waals surface area contributed by atoms with Crippen LogP contribution in [0.25, 0.3) is 17.0 Å². The Bertz CT molecular complexity index is 1150. The molecule has 3 amide bonds. The Kier molecular flexibility index (Phi) is 4.58. The molecule has 9 heteroatoms. The predicted molar refractivity (Wildman–Crippen MR) is 104 cm³/mol. The summed E-state index contributed by atoms with van der Waals surface area (Å²) in [7, 11) is 1.54. The summed E-state index contributed by atoms with van der Waals surface area (Å²) in [6.07, 6.45) is 4.41. The predicted octanol–water partition coefficient (Wildman–Crippen LogP) is 3.41. The van der Waals surface area contributed by atoms with E-state index in [4.69, 9.17) is 9.15 Å². The second-order valence-corrected chi connectivity index (χ2v) is 6.81. The van der Waals surface area contributed by atoms with Gasteiger partial charge in [0.15, 0.2) is 5.58 Å². The van der Waals surface area contributed by atoms with Crippen LogP contribution in [0.4, 0.5) is 10.5 Å². The largest absolute Gasteiger partial charge is 0.497 e. The summed E-state index contributed by atoms with van der Waals surface area (Å²) in [6.45, 7) is 0. The van der Waals surface area contributed by atoms with Crippen LogP contribution in [0.2, 0.25) is 0 Å². The number of fused-ring (bicyclic) bond motifs is 1. The van der Waals surface area contributed by atoms with Crippen LogP contribution in [0.3, 0.4) is 0 Å². The van der Waals surface area contributed by atoms with Crippen LogP contribution >= 0.6 is 11.8 Å². The van der Waals surface area contributed by atoms with E-state index in [-0.39, 0.29) is 10.5 Å². The molecule has 1 aromatic carbocycles. The lowest BCUT2D eigenvalue weighted by Gasteiger charge is -2.07. The fraction of sp³-hybridized carbons (Fsp3) is 0.0526. The summed E-state index contributed by atoms with van der Waals surface area (Å²) in [5.74, 6) is 0.0707. The molecule has 2 N–H and O–H groups in total. The van der Waals surface area contributed by atoms with Crippen LogP contribution in [0.5, 0.6) is 5.75 Å². The van der Waals surface area contributed by atoms with E-state index in [0.717, 1.165) is 11.8 Å². The van der Waals surface area contributed by atoms with Crippen molar-refractivity contribution >= 4 is 51.5 Å². The molecule has 0 atom stereocenters. The number of aromatic nitrogens is 1. The zero-order chi connectivity index (χ0) is 19.7. The third-order valence-electron chi connectivity index (χ3n) is 3.93. The number of nitrogens with one attached hydrogen (secondary N) is 2. The summed E-state index contributed by atoms with van der Waals surface area (Å²) in [5.41, 5.74) is 1.13. The van der Waals surface area contributed by atoms with Gasteiger partial charge in [0.05, 0.1) is 12.0 Å². The summed E-state index contributed by atoms with van der Waals surface area (Å²) in [5, 5.41) is 5.11. The minimum atomic E-state index is -0.482. The molecule has 28 heavy (non-hydrogen) atoms. The van der Waals surface area contributed by atoms with Gasteiger partial charge in [-0.3, -0.25) is 24.7 Å². The molecule has 1 aliphatic heterocycles. The van der Waals surface area contributed by atoms with E-state index in [9.17, 15) is 14.4 Å². The number of rotatable bonds is 4. The molecule has 8 nitrogen and oxygen atoms in total. The quantitative estimate of drug-likeness (QED) is 0.651. The summed E-state index contributed by atoms with van der Waals surface area (Å²) in [6, 6.07) is 8.60. The van der Waals surface area contributed by atoms with Crippen molar-refractivity contribution in [1.29, 1.82) is 0 Å². The van der Waals surface area contributed by atoms with Gasteiger partial charge in [-0.25, -0.2) is 0 Å². The maximum absolute atomic E-state index is 12.7. The van der Waals surface area contributed by atoms with E-state index in [1.807, 2.05) is 0 Å². The third kappa shape index (κ3) is 3.47. The summed E-state index contributed by atoms with van der Waals surface area (Å²) in [4.78, 5) is 40.0. The monoisotopic (exact) mass is 395 g/mol. The van der Waals surface area contributed by atoms with Gasteiger partial charge in [0.1, 0.15) is 17.1 Å². The zero-order valence-corrected chi connectivity index (χ0v) is 15.3. The highest BCUT2D eigenvalue weighted by Crippen LogP contribution is 2.29. The maximum atomic E-state index is 12.7. The van der Waals surface area contributed by atoms with Crippen molar-refractivity contribution in [1.82, 2.24) is 10.3 Å². The smallest absolute Gasteiger partial charge is 0.290 e. The van der Waals surface area contributed by atoms with Crippen molar-refractivity contribution in [3.8, 4) is 5.75 Å². The lowest BCUT2D eigenvalue weighted by Crippen LogP contribution is -2.17. The number of hydrogen-bond donors (Lipinski definition) is 2. The molecule has 0 spiro atoms. The van der Waals surface area contributed by atoms with Crippen LogP contribution in [-0.2, 0) is 4.79 Å². The number of anilines is 1. The highest BCUT2D eigenvalue weighted by molar-refractivity contribution is 8.18. The average molecular weight is 395 g/mol. The Morgan fingerprint density at radius 3 is 2.89 bits per heavy atom. The Labute approximate surface area is 162 Å². The van der Waals surface area contributed by atoms with Gasteiger partial charge in [-0.2, -0.15) is 0 Å². The average Bonchev–Trinajstić information content (AvgIpc) is 3.23. The summed E-state index contributed by atoms with van der Waals surface area (Å²) < 4.78 is 10.9. The summed E-state index contributed by atoms with van der Waals surface area (Å²) >= 11 is 0.789. The van der Waals surface area contributed by atoms with Gasteiger partial charge < -0.3 is 14.5 Å². The number of carbonyl (C=O) groups is 3. The molecule has 140 valence electrons. The highest BCUT2D eigenvalue weighted by Gasteiger charge is 2.25. The zero-order valence-electron chi connectivity index (χ0n) is 14.5. The number of furan rings is 1. The molecule has 1 aliphatic rings. The van der Waals surface area contributed by atoms with Crippen molar-refractivity contribution in [2.45, 2.75) is 0 Å². The van der Waals surface area contributed by atoms with E-state index >= 15 is 0 Å². The fourth-order valence-corrected chi connectivity index (χ4v) is 3.33. The van der Waals surface area contributed by atoms with Crippen molar-refractivity contribution in [2.75, 3.05) is 12.4 Å². The number of thioether (sulfide) groups is 1. The number of ether oxygens (including phenoxy) is 1. The second-order valence-electron chi connectivity index (χ2n) is 5.79. The molecule has 0 radical (unpaired) electrons. The molecular weight excluding hydrogens is 382 g/mol. The van der Waals surface area contributed by atoms with E-state index in [0.29, 0.717) is 28.2 Å². The minimum absolute atomic E-state index is 0.222. The van der Waals surface area contributed by atoms with Crippen molar-refractivity contribution < 1.29 is 23.5 Å². The molecule has 1 fully saturated rings. The van der Waals surface area contributed by atoms with Crippen molar-refractivity contribution in [2.24, 2.45) is 0 Å². The lowest BCUT2D eigenvalue weighted by atomic mass is 10.2. The van der Waals surface area contributed by atoms with Crippen LogP contribution in [0.15, 0.2) is 52.0 Å². The van der Waals surface area contributed by atoms with Gasteiger partial charge in [0, 0.05) is 35.6 Å². The Hall–Kier alpha value is -3.59. The van der Waals surface area contributed by atoms with Gasteiger partial charge >= 0.3 is 0 Å². The molecule has 3 heterocycles. The maximum Gasteiger partial charge on any atom is 0.290 e. The number of amides is 3. The lowest BCUT2D eigenvalue weighted by molar-refractivity contribution is -0.115. The van der Waals surface area contributed by atoms with Gasteiger partial charge in [-0.05, 0) is 30.0 Å². The van der Waals surface area contributed by atoms with Gasteiger partial charge in [0.25, 0.3) is 17.1 Å². The first-order valence-electron chi connectivity index (χ1n) is 8.11. The molecule has 0 unspecified atom stereocenters. The number of pyridine rings is 1. The SMILES string of the molecule is COc1cccc(NC(=O)c2cncc3cc(/C=C4\SC(=O)NC4=O)oc23)c1. The molecule has 1 saturated heterocycles.